The summed E-state index contributed by atoms with van der Waals surface area (Å²) in [7, 11) is 2.94. The summed E-state index contributed by atoms with van der Waals surface area (Å²) in [6, 6.07) is 0. The zero-order valence-corrected chi connectivity index (χ0v) is 21.3. The van der Waals surface area contributed by atoms with E-state index in [1.165, 1.54) is 22.5 Å². The number of hydrogen-bond donors (Lipinski definition) is 1. The van der Waals surface area contributed by atoms with Crippen LogP contribution >= 0.6 is 11.8 Å². The van der Waals surface area contributed by atoms with E-state index in [2.05, 4.69) is 27.2 Å². The van der Waals surface area contributed by atoms with E-state index in [1.807, 2.05) is 0 Å². The van der Waals surface area contributed by atoms with Crippen LogP contribution in [0.1, 0.15) is 19.8 Å². The minimum absolute atomic E-state index is 0.0949. The van der Waals surface area contributed by atoms with Crippen LogP contribution in [0.25, 0.3) is 22.2 Å². The van der Waals surface area contributed by atoms with Crippen molar-refractivity contribution in [2.45, 2.75) is 38.0 Å². The Morgan fingerprint density at radius 3 is 2.64 bits per heavy atom. The molecule has 1 amide bonds. The number of nitrogens with zero attached hydrogens (tertiary/aromatic N) is 9. The van der Waals surface area contributed by atoms with E-state index in [-0.39, 0.29) is 23.6 Å². The van der Waals surface area contributed by atoms with E-state index < -0.39 is 11.2 Å². The first-order chi connectivity index (χ1) is 17.4. The van der Waals surface area contributed by atoms with Crippen LogP contribution in [0.4, 0.5) is 5.82 Å². The second-order valence-electron chi connectivity index (χ2n) is 8.66. The van der Waals surface area contributed by atoms with Crippen LogP contribution < -0.4 is 21.5 Å². The van der Waals surface area contributed by atoms with Gasteiger partial charge in [0.2, 0.25) is 5.91 Å². The van der Waals surface area contributed by atoms with Crippen LogP contribution in [0.3, 0.4) is 0 Å². The Labute approximate surface area is 210 Å². The fraction of sp³-hybridized carbons (Fsp3) is 0.500. The molecule has 0 atom stereocenters. The highest BCUT2D eigenvalue weighted by Crippen LogP contribution is 2.29. The summed E-state index contributed by atoms with van der Waals surface area (Å²) in [6.45, 7) is 4.69. The molecule has 5 rings (SSSR count). The third kappa shape index (κ3) is 4.25. The van der Waals surface area contributed by atoms with Crippen molar-refractivity contribution in [3.05, 3.63) is 33.4 Å². The molecule has 1 aliphatic rings. The quantitative estimate of drug-likeness (QED) is 0.257. The molecule has 36 heavy (non-hydrogen) atoms. The average molecular weight is 513 g/mol. The van der Waals surface area contributed by atoms with Crippen molar-refractivity contribution in [1.82, 2.24) is 43.8 Å². The standard InChI is InChI=1S/C22H28N10O3S/c1-4-36-21-26-17(30-8-5-6-9-30)14-11-25-32(18(14)27-21)10-7-23-15(33)12-31-13-24-19-16(31)20(34)29(3)22(35)28(19)2/h11,13H,4-10,12H2,1-3H3,(H,23,33). The van der Waals surface area contributed by atoms with Gasteiger partial charge >= 0.3 is 5.69 Å². The van der Waals surface area contributed by atoms with Gasteiger partial charge in [-0.1, -0.05) is 18.7 Å². The maximum atomic E-state index is 12.7. The minimum Gasteiger partial charge on any atom is -0.356 e. The molecule has 190 valence electrons. The lowest BCUT2D eigenvalue weighted by molar-refractivity contribution is -0.121. The van der Waals surface area contributed by atoms with Gasteiger partial charge in [0.05, 0.1) is 24.5 Å². The van der Waals surface area contributed by atoms with Crippen LogP contribution in [-0.4, -0.2) is 69.7 Å². The molecule has 1 saturated heterocycles. The van der Waals surface area contributed by atoms with Gasteiger partial charge in [-0.3, -0.25) is 18.7 Å². The first kappa shape index (κ1) is 24.0. The van der Waals surface area contributed by atoms with Crippen molar-refractivity contribution < 1.29 is 4.79 Å². The molecular weight excluding hydrogens is 484 g/mol. The summed E-state index contributed by atoms with van der Waals surface area (Å²) in [4.78, 5) is 53.3. The lowest BCUT2D eigenvalue weighted by Gasteiger charge is -2.17. The van der Waals surface area contributed by atoms with E-state index in [1.54, 1.807) is 29.7 Å². The smallest absolute Gasteiger partial charge is 0.332 e. The molecule has 0 saturated carbocycles. The fourth-order valence-electron chi connectivity index (χ4n) is 4.48. The zero-order chi connectivity index (χ0) is 25.4. The molecule has 13 nitrogen and oxygen atoms in total. The molecule has 0 spiro atoms. The van der Waals surface area contributed by atoms with Crippen molar-refractivity contribution >= 4 is 45.7 Å². The monoisotopic (exact) mass is 512 g/mol. The number of carbonyl (C=O) groups is 1. The normalized spacial score (nSPS) is 13.8. The lowest BCUT2D eigenvalue weighted by atomic mass is 10.3. The Bertz CT molecular complexity index is 1560. The molecule has 1 aliphatic heterocycles. The Kier molecular flexibility index (Phi) is 6.51. The van der Waals surface area contributed by atoms with Gasteiger partial charge in [0.25, 0.3) is 5.56 Å². The van der Waals surface area contributed by atoms with Gasteiger partial charge in [-0.25, -0.2) is 24.4 Å². The van der Waals surface area contributed by atoms with Gasteiger partial charge in [0.15, 0.2) is 22.0 Å². The minimum atomic E-state index is -0.490. The van der Waals surface area contributed by atoms with Crippen LogP contribution in [0.5, 0.6) is 0 Å². The maximum Gasteiger partial charge on any atom is 0.332 e. The highest BCUT2D eigenvalue weighted by molar-refractivity contribution is 7.99. The predicted octanol–water partition coefficient (Wildman–Crippen LogP) is 0.102. The first-order valence-corrected chi connectivity index (χ1v) is 12.9. The number of fused-ring (bicyclic) bond motifs is 2. The maximum absolute atomic E-state index is 12.7. The number of amides is 1. The zero-order valence-electron chi connectivity index (χ0n) is 20.5. The Hall–Kier alpha value is -3.68. The number of carbonyl (C=O) groups excluding carboxylic acids is 1. The number of thioether (sulfide) groups is 1. The number of hydrogen-bond acceptors (Lipinski definition) is 9. The summed E-state index contributed by atoms with van der Waals surface area (Å²) < 4.78 is 5.54. The lowest BCUT2D eigenvalue weighted by Crippen LogP contribution is -2.38. The summed E-state index contributed by atoms with van der Waals surface area (Å²) in [6.07, 6.45) is 5.49. The molecule has 0 radical (unpaired) electrons. The third-order valence-electron chi connectivity index (χ3n) is 6.31. The molecule has 4 aromatic rings. The Morgan fingerprint density at radius 2 is 1.89 bits per heavy atom. The van der Waals surface area contributed by atoms with E-state index in [0.717, 1.165) is 58.3 Å². The topological polar surface area (TPSA) is 138 Å². The highest BCUT2D eigenvalue weighted by Gasteiger charge is 2.21. The Morgan fingerprint density at radius 1 is 1.11 bits per heavy atom. The van der Waals surface area contributed by atoms with E-state index >= 15 is 0 Å². The molecule has 1 fully saturated rings. The van der Waals surface area contributed by atoms with E-state index in [9.17, 15) is 14.4 Å². The molecule has 0 aliphatic carbocycles. The van der Waals surface area contributed by atoms with Gasteiger partial charge in [0.1, 0.15) is 12.4 Å². The van der Waals surface area contributed by atoms with Crippen molar-refractivity contribution in [3.8, 4) is 0 Å². The average Bonchev–Trinajstić information content (AvgIpc) is 3.62. The van der Waals surface area contributed by atoms with Gasteiger partial charge in [-0.2, -0.15) is 5.10 Å². The van der Waals surface area contributed by atoms with Crippen LogP contribution in [0.2, 0.25) is 0 Å². The van der Waals surface area contributed by atoms with E-state index in [4.69, 9.17) is 9.97 Å². The second-order valence-corrected chi connectivity index (χ2v) is 9.89. The number of nitrogens with one attached hydrogen (secondary N) is 1. The van der Waals surface area contributed by atoms with Crippen LogP contribution in [0.15, 0.2) is 27.3 Å². The van der Waals surface area contributed by atoms with Crippen LogP contribution in [0, 0.1) is 0 Å². The third-order valence-corrected chi connectivity index (χ3v) is 7.04. The highest BCUT2D eigenvalue weighted by atomic mass is 32.2. The van der Waals surface area contributed by atoms with Gasteiger partial charge in [-0.05, 0) is 18.6 Å². The SMILES string of the molecule is CCSc1nc(N2CCCC2)c2cnn(CCNC(=O)Cn3cnc4c3c(=O)n(C)c(=O)n4C)c2n1. The van der Waals surface area contributed by atoms with Gasteiger partial charge in [-0.15, -0.1) is 0 Å². The summed E-state index contributed by atoms with van der Waals surface area (Å²) in [5.74, 6) is 1.51. The fourth-order valence-corrected chi connectivity index (χ4v) is 5.04. The molecule has 0 aromatic carbocycles. The molecule has 4 aromatic heterocycles. The summed E-state index contributed by atoms with van der Waals surface area (Å²) >= 11 is 1.59. The number of imidazole rings is 1. The number of aromatic nitrogens is 8. The van der Waals surface area contributed by atoms with Crippen molar-refractivity contribution in [2.75, 3.05) is 30.3 Å². The molecule has 14 heteroatoms. The van der Waals surface area contributed by atoms with Crippen molar-refractivity contribution in [1.29, 1.82) is 0 Å². The summed E-state index contributed by atoms with van der Waals surface area (Å²) in [5, 5.41) is 9.02. The first-order valence-electron chi connectivity index (χ1n) is 11.9. The van der Waals surface area contributed by atoms with Crippen molar-refractivity contribution in [3.63, 3.8) is 0 Å². The van der Waals surface area contributed by atoms with Gasteiger partial charge in [0, 0.05) is 33.7 Å². The van der Waals surface area contributed by atoms with E-state index in [0.29, 0.717) is 13.1 Å². The molecule has 5 heterocycles. The molecule has 1 N–H and O–H groups in total. The second kappa shape index (κ2) is 9.76. The van der Waals surface area contributed by atoms with Crippen LogP contribution in [-0.2, 0) is 32.0 Å². The Balaban J connectivity index is 1.31. The van der Waals surface area contributed by atoms with Crippen molar-refractivity contribution in [2.24, 2.45) is 14.1 Å². The molecule has 0 bridgehead atoms. The molecular formula is C22H28N10O3S. The summed E-state index contributed by atoms with van der Waals surface area (Å²) in [5.41, 5.74) is 0.247. The largest absolute Gasteiger partial charge is 0.356 e. The number of rotatable bonds is 8. The molecule has 0 unspecified atom stereocenters. The number of aryl methyl sites for hydroxylation is 1. The predicted molar refractivity (Wildman–Crippen MR) is 136 cm³/mol. The number of anilines is 1. The van der Waals surface area contributed by atoms with Gasteiger partial charge < -0.3 is 14.8 Å².